The molecule has 0 bridgehead atoms. The molecule has 0 aliphatic heterocycles. The summed E-state index contributed by atoms with van der Waals surface area (Å²) in [6, 6.07) is 20.0. The third-order valence-corrected chi connectivity index (χ3v) is 5.50. The van der Waals surface area contributed by atoms with Crippen molar-refractivity contribution in [2.75, 3.05) is 16.2 Å². The highest BCUT2D eigenvalue weighted by Crippen LogP contribution is 2.21. The van der Waals surface area contributed by atoms with Gasteiger partial charge < -0.3 is 4.90 Å². The molecule has 0 heterocycles. The van der Waals surface area contributed by atoms with Gasteiger partial charge in [-0.1, -0.05) is 24.3 Å². The van der Waals surface area contributed by atoms with Crippen LogP contribution in [0.25, 0.3) is 0 Å². The molecule has 144 valence electrons. The van der Waals surface area contributed by atoms with Crippen LogP contribution in [0.4, 0.5) is 15.8 Å². The number of benzene rings is 3. The van der Waals surface area contributed by atoms with Crippen molar-refractivity contribution in [1.29, 1.82) is 0 Å². The van der Waals surface area contributed by atoms with E-state index in [1.807, 2.05) is 37.3 Å². The summed E-state index contributed by atoms with van der Waals surface area (Å²) in [4.78, 5) is 14.4. The molecule has 0 unspecified atom stereocenters. The highest BCUT2D eigenvalue weighted by Gasteiger charge is 2.20. The minimum atomic E-state index is -3.92. The fraction of sp³-hybridized carbons (Fsp3) is 0.0952. The third kappa shape index (κ3) is 4.37. The second-order valence-electron chi connectivity index (χ2n) is 6.03. The molecule has 0 aromatic heterocycles. The molecule has 0 saturated heterocycles. The standard InChI is InChI=1S/C21H19FN2O3S/c1-2-24(19-8-4-3-5-9-19)21(25)16-7-6-10-20(15-16)28(26,27)23-18-13-11-17(22)12-14-18/h3-15,23H,2H2,1H3. The molecular formula is C21H19FN2O3S. The summed E-state index contributed by atoms with van der Waals surface area (Å²) in [5.41, 5.74) is 1.22. The molecule has 3 rings (SSSR count). The molecule has 0 aliphatic rings. The molecule has 3 aromatic carbocycles. The molecule has 0 atom stereocenters. The Hall–Kier alpha value is -3.19. The summed E-state index contributed by atoms with van der Waals surface area (Å²) >= 11 is 0. The summed E-state index contributed by atoms with van der Waals surface area (Å²) in [5.74, 6) is -0.761. The number of carbonyl (C=O) groups excluding carboxylic acids is 1. The maximum Gasteiger partial charge on any atom is 0.261 e. The fourth-order valence-corrected chi connectivity index (χ4v) is 3.84. The van der Waals surface area contributed by atoms with Gasteiger partial charge in [-0.2, -0.15) is 0 Å². The first-order valence-corrected chi connectivity index (χ1v) is 10.1. The number of halogens is 1. The van der Waals surface area contributed by atoms with Crippen molar-refractivity contribution in [3.63, 3.8) is 0 Å². The van der Waals surface area contributed by atoms with Crippen LogP contribution < -0.4 is 9.62 Å². The Morgan fingerprint density at radius 2 is 1.64 bits per heavy atom. The highest BCUT2D eigenvalue weighted by atomic mass is 32.2. The molecular weight excluding hydrogens is 379 g/mol. The molecule has 7 heteroatoms. The Balaban J connectivity index is 1.88. The normalized spacial score (nSPS) is 11.1. The van der Waals surface area contributed by atoms with Crippen LogP contribution in [-0.2, 0) is 10.0 Å². The number of carbonyl (C=O) groups is 1. The van der Waals surface area contributed by atoms with Gasteiger partial charge in [-0.15, -0.1) is 0 Å². The lowest BCUT2D eigenvalue weighted by Crippen LogP contribution is -2.30. The van der Waals surface area contributed by atoms with Crippen molar-refractivity contribution in [3.8, 4) is 0 Å². The van der Waals surface area contributed by atoms with E-state index in [9.17, 15) is 17.6 Å². The molecule has 1 amide bonds. The molecule has 0 radical (unpaired) electrons. The Labute approximate surface area is 163 Å². The number of nitrogens with zero attached hydrogens (tertiary/aromatic N) is 1. The van der Waals surface area contributed by atoms with Crippen LogP contribution in [0.3, 0.4) is 0 Å². The van der Waals surface area contributed by atoms with Gasteiger partial charge in [-0.3, -0.25) is 9.52 Å². The van der Waals surface area contributed by atoms with Crippen LogP contribution in [0.15, 0.2) is 83.8 Å². The lowest BCUT2D eigenvalue weighted by molar-refractivity contribution is 0.0988. The lowest BCUT2D eigenvalue weighted by Gasteiger charge is -2.21. The average molecular weight is 398 g/mol. The number of para-hydroxylation sites is 1. The van der Waals surface area contributed by atoms with Gasteiger partial charge in [0.15, 0.2) is 0 Å². The second-order valence-corrected chi connectivity index (χ2v) is 7.71. The van der Waals surface area contributed by atoms with E-state index < -0.39 is 15.8 Å². The summed E-state index contributed by atoms with van der Waals surface area (Å²) in [5, 5.41) is 0. The van der Waals surface area contributed by atoms with Crippen LogP contribution in [0.5, 0.6) is 0 Å². The van der Waals surface area contributed by atoms with E-state index in [0.29, 0.717) is 6.54 Å². The maximum absolute atomic E-state index is 13.0. The third-order valence-electron chi connectivity index (χ3n) is 4.12. The van der Waals surface area contributed by atoms with E-state index in [0.717, 1.165) is 17.8 Å². The van der Waals surface area contributed by atoms with Gasteiger partial charge in [0.05, 0.1) is 4.90 Å². The van der Waals surface area contributed by atoms with Crippen molar-refractivity contribution >= 4 is 27.3 Å². The van der Waals surface area contributed by atoms with Gasteiger partial charge in [-0.25, -0.2) is 12.8 Å². The number of amides is 1. The van der Waals surface area contributed by atoms with E-state index in [2.05, 4.69) is 4.72 Å². The van der Waals surface area contributed by atoms with E-state index in [1.165, 1.54) is 30.3 Å². The number of hydrogen-bond donors (Lipinski definition) is 1. The maximum atomic E-state index is 13.0. The molecule has 0 fully saturated rings. The topological polar surface area (TPSA) is 66.5 Å². The number of rotatable bonds is 6. The predicted octanol–water partition coefficient (Wildman–Crippen LogP) is 4.29. The number of nitrogens with one attached hydrogen (secondary N) is 1. The zero-order valence-corrected chi connectivity index (χ0v) is 16.0. The molecule has 0 aliphatic carbocycles. The molecule has 3 aromatic rings. The van der Waals surface area contributed by atoms with Crippen molar-refractivity contribution in [2.24, 2.45) is 0 Å². The zero-order chi connectivity index (χ0) is 20.1. The summed E-state index contributed by atoms with van der Waals surface area (Å²) in [7, 11) is -3.92. The summed E-state index contributed by atoms with van der Waals surface area (Å²) in [6.45, 7) is 2.29. The van der Waals surface area contributed by atoms with Crippen LogP contribution in [0.1, 0.15) is 17.3 Å². The van der Waals surface area contributed by atoms with Crippen LogP contribution in [0, 0.1) is 5.82 Å². The number of hydrogen-bond acceptors (Lipinski definition) is 3. The smallest absolute Gasteiger partial charge is 0.261 e. The largest absolute Gasteiger partial charge is 0.309 e. The van der Waals surface area contributed by atoms with Crippen molar-refractivity contribution < 1.29 is 17.6 Å². The van der Waals surface area contributed by atoms with Crippen LogP contribution in [-0.4, -0.2) is 20.9 Å². The van der Waals surface area contributed by atoms with Gasteiger partial charge in [0.2, 0.25) is 0 Å². The Kier molecular flexibility index (Phi) is 5.75. The van der Waals surface area contributed by atoms with Crippen LogP contribution in [0.2, 0.25) is 0 Å². The quantitative estimate of drug-likeness (QED) is 0.673. The number of anilines is 2. The van der Waals surface area contributed by atoms with Gasteiger partial charge >= 0.3 is 0 Å². The molecule has 0 spiro atoms. The number of sulfonamides is 1. The Morgan fingerprint density at radius 1 is 0.964 bits per heavy atom. The average Bonchev–Trinajstić information content (AvgIpc) is 2.71. The van der Waals surface area contributed by atoms with E-state index in [-0.39, 0.29) is 22.1 Å². The van der Waals surface area contributed by atoms with E-state index in [4.69, 9.17) is 0 Å². The molecule has 1 N–H and O–H groups in total. The fourth-order valence-electron chi connectivity index (χ4n) is 2.74. The first kappa shape index (κ1) is 19.6. The Bertz CT molecular complexity index is 1070. The summed E-state index contributed by atoms with van der Waals surface area (Å²) < 4.78 is 40.7. The predicted molar refractivity (Wildman–Crippen MR) is 107 cm³/mol. The Morgan fingerprint density at radius 3 is 2.29 bits per heavy atom. The van der Waals surface area contributed by atoms with Gasteiger partial charge in [-0.05, 0) is 61.5 Å². The minimum absolute atomic E-state index is 0.0493. The van der Waals surface area contributed by atoms with Crippen LogP contribution >= 0.6 is 0 Å². The van der Waals surface area contributed by atoms with Crippen molar-refractivity contribution in [2.45, 2.75) is 11.8 Å². The second kappa shape index (κ2) is 8.22. The zero-order valence-electron chi connectivity index (χ0n) is 15.2. The van der Waals surface area contributed by atoms with Gasteiger partial charge in [0.1, 0.15) is 5.82 Å². The van der Waals surface area contributed by atoms with Crippen molar-refractivity contribution in [3.05, 3.63) is 90.2 Å². The highest BCUT2D eigenvalue weighted by molar-refractivity contribution is 7.92. The molecule has 28 heavy (non-hydrogen) atoms. The van der Waals surface area contributed by atoms with Gasteiger partial charge in [0.25, 0.3) is 15.9 Å². The molecule has 0 saturated carbocycles. The van der Waals surface area contributed by atoms with Gasteiger partial charge in [0, 0.05) is 23.5 Å². The van der Waals surface area contributed by atoms with Crippen molar-refractivity contribution in [1.82, 2.24) is 0 Å². The monoisotopic (exact) mass is 398 g/mol. The first-order chi connectivity index (χ1) is 13.4. The molecule has 5 nitrogen and oxygen atoms in total. The SMILES string of the molecule is CCN(C(=O)c1cccc(S(=O)(=O)Nc2ccc(F)cc2)c1)c1ccccc1. The minimum Gasteiger partial charge on any atom is -0.309 e. The first-order valence-electron chi connectivity index (χ1n) is 8.66. The van der Waals surface area contributed by atoms with E-state index in [1.54, 1.807) is 11.0 Å². The van der Waals surface area contributed by atoms with E-state index >= 15 is 0 Å². The lowest BCUT2D eigenvalue weighted by atomic mass is 10.2. The summed E-state index contributed by atoms with van der Waals surface area (Å²) in [6.07, 6.45) is 0.